The fourth-order valence-electron chi connectivity index (χ4n) is 3.39. The molecule has 0 saturated carbocycles. The standard InChI is InChI=1S/C21H24N4O4S2/c1-15-8-11-25(12-9-15)31(27,28)18-4-2-17(3-5-18)22-19(26)6-7-20-23-21(24-29-20)16-10-13-30-14-16/h2-5,10,13-15H,6-9,11-12H2,1H3,(H,22,26). The summed E-state index contributed by atoms with van der Waals surface area (Å²) >= 11 is 1.55. The second-order valence-corrected chi connectivity index (χ2v) is 10.4. The lowest BCUT2D eigenvalue weighted by Gasteiger charge is -2.29. The highest BCUT2D eigenvalue weighted by atomic mass is 32.2. The maximum absolute atomic E-state index is 12.8. The van der Waals surface area contributed by atoms with E-state index in [0.29, 0.717) is 42.8 Å². The van der Waals surface area contributed by atoms with Gasteiger partial charge in [-0.05, 0) is 54.5 Å². The van der Waals surface area contributed by atoms with Gasteiger partial charge in [0.2, 0.25) is 27.6 Å². The summed E-state index contributed by atoms with van der Waals surface area (Å²) in [6, 6.07) is 8.20. The van der Waals surface area contributed by atoms with Crippen molar-refractivity contribution < 1.29 is 17.7 Å². The third-order valence-electron chi connectivity index (χ3n) is 5.33. The minimum absolute atomic E-state index is 0.178. The molecule has 1 fully saturated rings. The molecular formula is C21H24N4O4S2. The summed E-state index contributed by atoms with van der Waals surface area (Å²) in [5, 5.41) is 10.6. The maximum Gasteiger partial charge on any atom is 0.243 e. The van der Waals surface area contributed by atoms with Crippen molar-refractivity contribution in [3.8, 4) is 11.4 Å². The maximum atomic E-state index is 12.8. The van der Waals surface area contributed by atoms with Crippen LogP contribution < -0.4 is 5.32 Å². The first-order chi connectivity index (χ1) is 14.9. The molecule has 31 heavy (non-hydrogen) atoms. The van der Waals surface area contributed by atoms with E-state index in [1.807, 2.05) is 16.8 Å². The Bertz CT molecular complexity index is 1120. The van der Waals surface area contributed by atoms with Gasteiger partial charge in [-0.3, -0.25) is 4.79 Å². The highest BCUT2D eigenvalue weighted by Gasteiger charge is 2.27. The summed E-state index contributed by atoms with van der Waals surface area (Å²) in [6.07, 6.45) is 2.25. The number of anilines is 1. The highest BCUT2D eigenvalue weighted by molar-refractivity contribution is 7.89. The molecule has 1 N–H and O–H groups in total. The zero-order valence-electron chi connectivity index (χ0n) is 17.2. The number of carbonyl (C=O) groups excluding carboxylic acids is 1. The molecule has 0 atom stereocenters. The van der Waals surface area contributed by atoms with Crippen molar-refractivity contribution >= 4 is 33.0 Å². The van der Waals surface area contributed by atoms with Gasteiger partial charge in [-0.2, -0.15) is 20.6 Å². The van der Waals surface area contributed by atoms with Gasteiger partial charge < -0.3 is 9.84 Å². The van der Waals surface area contributed by atoms with Gasteiger partial charge in [-0.1, -0.05) is 12.1 Å². The fraction of sp³-hybridized carbons (Fsp3) is 0.381. The molecule has 2 aromatic heterocycles. The molecular weight excluding hydrogens is 436 g/mol. The van der Waals surface area contributed by atoms with Crippen LogP contribution in [0.15, 0.2) is 50.5 Å². The normalized spacial score (nSPS) is 15.8. The molecule has 3 aromatic rings. The van der Waals surface area contributed by atoms with Crippen LogP contribution in [0.25, 0.3) is 11.4 Å². The topological polar surface area (TPSA) is 105 Å². The predicted molar refractivity (Wildman–Crippen MR) is 118 cm³/mol. The van der Waals surface area contributed by atoms with Crippen LogP contribution in [0.1, 0.15) is 32.1 Å². The first-order valence-electron chi connectivity index (χ1n) is 10.2. The molecule has 10 heteroatoms. The van der Waals surface area contributed by atoms with Gasteiger partial charge in [0.1, 0.15) is 0 Å². The Morgan fingerprint density at radius 1 is 1.23 bits per heavy atom. The van der Waals surface area contributed by atoms with Crippen LogP contribution in [-0.4, -0.2) is 41.9 Å². The van der Waals surface area contributed by atoms with Gasteiger partial charge in [0.25, 0.3) is 0 Å². The Balaban J connectivity index is 1.31. The number of amides is 1. The van der Waals surface area contributed by atoms with Gasteiger partial charge in [-0.25, -0.2) is 8.42 Å². The van der Waals surface area contributed by atoms with E-state index >= 15 is 0 Å². The second-order valence-electron chi connectivity index (χ2n) is 7.68. The van der Waals surface area contributed by atoms with Gasteiger partial charge in [0.05, 0.1) is 4.90 Å². The molecule has 0 bridgehead atoms. The van der Waals surface area contributed by atoms with E-state index in [-0.39, 0.29) is 17.2 Å². The number of aromatic nitrogens is 2. The highest BCUT2D eigenvalue weighted by Crippen LogP contribution is 2.24. The molecule has 1 saturated heterocycles. The molecule has 0 aliphatic carbocycles. The van der Waals surface area contributed by atoms with Crippen LogP contribution in [0.5, 0.6) is 0 Å². The monoisotopic (exact) mass is 460 g/mol. The Labute approximate surface area is 185 Å². The molecule has 1 aliphatic rings. The number of thiophene rings is 1. The van der Waals surface area contributed by atoms with E-state index in [2.05, 4.69) is 22.4 Å². The minimum Gasteiger partial charge on any atom is -0.339 e. The van der Waals surface area contributed by atoms with E-state index in [1.54, 1.807) is 23.5 Å². The fourth-order valence-corrected chi connectivity index (χ4v) is 5.50. The van der Waals surface area contributed by atoms with Crippen LogP contribution in [-0.2, 0) is 21.2 Å². The number of carbonyl (C=O) groups is 1. The molecule has 164 valence electrons. The van der Waals surface area contributed by atoms with Crippen LogP contribution in [0.2, 0.25) is 0 Å². The number of nitrogens with one attached hydrogen (secondary N) is 1. The average Bonchev–Trinajstić information content (AvgIpc) is 3.45. The third kappa shape index (κ3) is 5.20. The van der Waals surface area contributed by atoms with Crippen LogP contribution >= 0.6 is 11.3 Å². The smallest absolute Gasteiger partial charge is 0.243 e. The first kappa shape index (κ1) is 21.7. The van der Waals surface area contributed by atoms with Gasteiger partial charge in [0.15, 0.2) is 0 Å². The van der Waals surface area contributed by atoms with Crippen molar-refractivity contribution in [1.29, 1.82) is 0 Å². The average molecular weight is 461 g/mol. The zero-order valence-corrected chi connectivity index (χ0v) is 18.8. The molecule has 4 rings (SSSR count). The van der Waals surface area contributed by atoms with Gasteiger partial charge >= 0.3 is 0 Å². The Morgan fingerprint density at radius 3 is 2.65 bits per heavy atom. The molecule has 1 aromatic carbocycles. The number of rotatable bonds is 7. The molecule has 1 aliphatic heterocycles. The number of piperidine rings is 1. The van der Waals surface area contributed by atoms with Crippen molar-refractivity contribution in [3.05, 3.63) is 47.0 Å². The predicted octanol–water partition coefficient (Wildman–Crippen LogP) is 3.79. The second kappa shape index (κ2) is 9.29. The van der Waals surface area contributed by atoms with Crippen molar-refractivity contribution in [1.82, 2.24) is 14.4 Å². The third-order valence-corrected chi connectivity index (χ3v) is 7.93. The summed E-state index contributed by atoms with van der Waals surface area (Å²) in [5.74, 6) is 1.25. The zero-order chi connectivity index (χ0) is 21.8. The molecule has 1 amide bonds. The Morgan fingerprint density at radius 2 is 1.97 bits per heavy atom. The lowest BCUT2D eigenvalue weighted by atomic mass is 10.0. The molecule has 0 spiro atoms. The summed E-state index contributed by atoms with van der Waals surface area (Å²) in [7, 11) is -3.50. The summed E-state index contributed by atoms with van der Waals surface area (Å²) < 4.78 is 32.3. The number of hydrogen-bond donors (Lipinski definition) is 1. The summed E-state index contributed by atoms with van der Waals surface area (Å²) in [6.45, 7) is 3.24. The van der Waals surface area contributed by atoms with Crippen molar-refractivity contribution in [2.75, 3.05) is 18.4 Å². The molecule has 0 unspecified atom stereocenters. The van der Waals surface area contributed by atoms with Gasteiger partial charge in [0, 0.05) is 42.6 Å². The Hall–Kier alpha value is -2.56. The number of nitrogens with zero attached hydrogens (tertiary/aromatic N) is 3. The van der Waals surface area contributed by atoms with Crippen molar-refractivity contribution in [2.24, 2.45) is 5.92 Å². The van der Waals surface area contributed by atoms with E-state index in [9.17, 15) is 13.2 Å². The number of benzene rings is 1. The lowest BCUT2D eigenvalue weighted by Crippen LogP contribution is -2.37. The first-order valence-corrected chi connectivity index (χ1v) is 12.6. The molecule has 8 nitrogen and oxygen atoms in total. The van der Waals surface area contributed by atoms with Crippen LogP contribution in [0, 0.1) is 5.92 Å². The SMILES string of the molecule is CC1CCN(S(=O)(=O)c2ccc(NC(=O)CCc3nc(-c4ccsc4)no3)cc2)CC1. The Kier molecular flexibility index (Phi) is 6.49. The number of aryl methyl sites for hydroxylation is 1. The lowest BCUT2D eigenvalue weighted by molar-refractivity contribution is -0.116. The molecule has 0 radical (unpaired) electrons. The van der Waals surface area contributed by atoms with Crippen molar-refractivity contribution in [3.63, 3.8) is 0 Å². The largest absolute Gasteiger partial charge is 0.339 e. The quantitative estimate of drug-likeness (QED) is 0.575. The minimum atomic E-state index is -3.50. The van der Waals surface area contributed by atoms with Crippen molar-refractivity contribution in [2.45, 2.75) is 37.5 Å². The summed E-state index contributed by atoms with van der Waals surface area (Å²) in [5.41, 5.74) is 1.43. The van der Waals surface area contributed by atoms with E-state index < -0.39 is 10.0 Å². The van der Waals surface area contributed by atoms with E-state index in [0.717, 1.165) is 18.4 Å². The summed E-state index contributed by atoms with van der Waals surface area (Å²) in [4.78, 5) is 16.8. The van der Waals surface area contributed by atoms with Crippen LogP contribution in [0.4, 0.5) is 5.69 Å². The van der Waals surface area contributed by atoms with E-state index in [4.69, 9.17) is 4.52 Å². The number of sulfonamides is 1. The number of hydrogen-bond acceptors (Lipinski definition) is 7. The van der Waals surface area contributed by atoms with Crippen LogP contribution in [0.3, 0.4) is 0 Å². The van der Waals surface area contributed by atoms with E-state index in [1.165, 1.54) is 16.4 Å². The van der Waals surface area contributed by atoms with Gasteiger partial charge in [-0.15, -0.1) is 0 Å². The molecule has 3 heterocycles.